The fourth-order valence-corrected chi connectivity index (χ4v) is 3.45. The van der Waals surface area contributed by atoms with Gasteiger partial charge >= 0.3 is 5.97 Å². The van der Waals surface area contributed by atoms with Crippen molar-refractivity contribution in [3.63, 3.8) is 0 Å². The Morgan fingerprint density at radius 2 is 1.52 bits per heavy atom. The van der Waals surface area contributed by atoms with E-state index in [1.807, 2.05) is 36.4 Å². The van der Waals surface area contributed by atoms with Crippen LogP contribution in [0.1, 0.15) is 10.4 Å². The van der Waals surface area contributed by atoms with Gasteiger partial charge in [-0.15, -0.1) is 0 Å². The number of carboxylic acid groups (broad SMARTS) is 1. The number of fused-ring (bicyclic) bond motifs is 1. The van der Waals surface area contributed by atoms with E-state index < -0.39 is 16.8 Å². The Bertz CT molecular complexity index is 855. The van der Waals surface area contributed by atoms with Gasteiger partial charge in [0.25, 0.3) is 0 Å². The topological polar surface area (TPSA) is 54.4 Å². The number of benzene rings is 3. The molecule has 0 radical (unpaired) electrons. The Hall–Kier alpha value is -2.46. The summed E-state index contributed by atoms with van der Waals surface area (Å²) in [5.74, 6) is -1.07. The van der Waals surface area contributed by atoms with E-state index in [9.17, 15) is 14.1 Å². The minimum absolute atomic E-state index is 0.0731. The van der Waals surface area contributed by atoms with Gasteiger partial charge in [0.15, 0.2) is 0 Å². The monoisotopic (exact) mass is 296 g/mol. The van der Waals surface area contributed by atoms with Crippen molar-refractivity contribution in [1.29, 1.82) is 0 Å². The summed E-state index contributed by atoms with van der Waals surface area (Å²) >= 11 is 0. The molecule has 0 unspecified atom stereocenters. The zero-order chi connectivity index (χ0) is 14.8. The van der Waals surface area contributed by atoms with Crippen LogP contribution in [-0.2, 0) is 10.8 Å². The maximum atomic E-state index is 12.7. The van der Waals surface area contributed by atoms with Crippen LogP contribution in [0.25, 0.3) is 10.8 Å². The predicted molar refractivity (Wildman–Crippen MR) is 82.0 cm³/mol. The SMILES string of the molecule is O=C(O)c1ccccc1[S@@](=O)c1ccc2ccccc2c1. The summed E-state index contributed by atoms with van der Waals surface area (Å²) in [6.45, 7) is 0. The molecule has 0 aromatic heterocycles. The van der Waals surface area contributed by atoms with Crippen LogP contribution in [0.2, 0.25) is 0 Å². The fraction of sp³-hybridized carbons (Fsp3) is 0. The molecule has 1 atom stereocenters. The summed E-state index contributed by atoms with van der Waals surface area (Å²) in [4.78, 5) is 12.2. The number of carboxylic acids is 1. The third kappa shape index (κ3) is 2.58. The molecule has 4 heteroatoms. The molecular formula is C17H12O3S. The normalized spacial score (nSPS) is 12.2. The molecule has 21 heavy (non-hydrogen) atoms. The van der Waals surface area contributed by atoms with Crippen molar-refractivity contribution in [3.8, 4) is 0 Å². The van der Waals surface area contributed by atoms with Gasteiger partial charge in [0.1, 0.15) is 0 Å². The lowest BCUT2D eigenvalue weighted by molar-refractivity contribution is 0.0693. The van der Waals surface area contributed by atoms with Crippen LogP contribution in [0.5, 0.6) is 0 Å². The highest BCUT2D eigenvalue weighted by Crippen LogP contribution is 2.24. The van der Waals surface area contributed by atoms with Gasteiger partial charge < -0.3 is 5.11 Å². The Morgan fingerprint density at radius 1 is 0.857 bits per heavy atom. The van der Waals surface area contributed by atoms with Crippen molar-refractivity contribution >= 4 is 27.5 Å². The highest BCUT2D eigenvalue weighted by molar-refractivity contribution is 7.85. The highest BCUT2D eigenvalue weighted by Gasteiger charge is 2.16. The molecule has 1 N–H and O–H groups in total. The van der Waals surface area contributed by atoms with Crippen molar-refractivity contribution in [1.82, 2.24) is 0 Å². The molecule has 0 saturated heterocycles. The molecule has 3 aromatic rings. The van der Waals surface area contributed by atoms with E-state index in [-0.39, 0.29) is 5.56 Å². The maximum Gasteiger partial charge on any atom is 0.336 e. The Kier molecular flexibility index (Phi) is 3.54. The lowest BCUT2D eigenvalue weighted by Crippen LogP contribution is -2.04. The van der Waals surface area contributed by atoms with Crippen molar-refractivity contribution in [3.05, 3.63) is 72.3 Å². The van der Waals surface area contributed by atoms with Crippen LogP contribution in [0.15, 0.2) is 76.5 Å². The second-order valence-corrected chi connectivity index (χ2v) is 6.03. The average Bonchev–Trinajstić information content (AvgIpc) is 2.53. The minimum Gasteiger partial charge on any atom is -0.478 e. The molecule has 0 aliphatic rings. The molecule has 0 fully saturated rings. The maximum absolute atomic E-state index is 12.7. The van der Waals surface area contributed by atoms with Crippen LogP contribution in [0.4, 0.5) is 0 Å². The van der Waals surface area contributed by atoms with Gasteiger partial charge in [-0.25, -0.2) is 9.00 Å². The summed E-state index contributed by atoms with van der Waals surface area (Å²) in [7, 11) is -1.52. The number of hydrogen-bond donors (Lipinski definition) is 1. The fourth-order valence-electron chi connectivity index (χ4n) is 2.21. The standard InChI is InChI=1S/C17H12O3S/c18-17(19)15-7-3-4-8-16(15)21(20)14-10-9-12-5-1-2-6-13(12)11-14/h1-11H,(H,18,19)/t21-/m0/s1. The van der Waals surface area contributed by atoms with Gasteiger partial charge in [-0.2, -0.15) is 0 Å². The number of hydrogen-bond acceptors (Lipinski definition) is 2. The summed E-state index contributed by atoms with van der Waals surface area (Å²) in [6, 6.07) is 19.7. The second kappa shape index (κ2) is 5.50. The van der Waals surface area contributed by atoms with Gasteiger partial charge in [0.05, 0.1) is 21.3 Å². The molecule has 3 aromatic carbocycles. The van der Waals surface area contributed by atoms with Crippen molar-refractivity contribution in [2.75, 3.05) is 0 Å². The van der Waals surface area contributed by atoms with E-state index in [0.717, 1.165) is 10.8 Å². The van der Waals surface area contributed by atoms with Crippen LogP contribution in [-0.4, -0.2) is 15.3 Å². The van der Waals surface area contributed by atoms with Gasteiger partial charge in [-0.3, -0.25) is 0 Å². The summed E-state index contributed by atoms with van der Waals surface area (Å²) in [5, 5.41) is 11.2. The Balaban J connectivity index is 2.10. The van der Waals surface area contributed by atoms with Gasteiger partial charge in [0.2, 0.25) is 0 Å². The van der Waals surface area contributed by atoms with Gasteiger partial charge in [0, 0.05) is 4.90 Å². The van der Waals surface area contributed by atoms with E-state index in [1.165, 1.54) is 6.07 Å². The number of aromatic carboxylic acids is 1. The molecular weight excluding hydrogens is 284 g/mol. The van der Waals surface area contributed by atoms with Crippen molar-refractivity contribution in [2.24, 2.45) is 0 Å². The Labute approximate surface area is 124 Å². The van der Waals surface area contributed by atoms with Crippen LogP contribution in [0, 0.1) is 0 Å². The molecule has 0 bridgehead atoms. The van der Waals surface area contributed by atoms with Crippen molar-refractivity contribution < 1.29 is 14.1 Å². The average molecular weight is 296 g/mol. The zero-order valence-electron chi connectivity index (χ0n) is 11.0. The second-order valence-electron chi connectivity index (χ2n) is 4.58. The summed E-state index contributed by atoms with van der Waals surface area (Å²) in [5.41, 5.74) is 0.0731. The van der Waals surface area contributed by atoms with Crippen molar-refractivity contribution in [2.45, 2.75) is 9.79 Å². The lowest BCUT2D eigenvalue weighted by atomic mass is 10.1. The molecule has 0 saturated carbocycles. The first-order valence-corrected chi connectivity index (χ1v) is 7.55. The largest absolute Gasteiger partial charge is 0.478 e. The summed E-state index contributed by atoms with van der Waals surface area (Å²) < 4.78 is 12.7. The zero-order valence-corrected chi connectivity index (χ0v) is 11.8. The lowest BCUT2D eigenvalue weighted by Gasteiger charge is -2.07. The third-order valence-corrected chi connectivity index (χ3v) is 4.69. The van der Waals surface area contributed by atoms with Gasteiger partial charge in [-0.1, -0.05) is 42.5 Å². The van der Waals surface area contributed by atoms with Gasteiger partial charge in [-0.05, 0) is 35.0 Å². The van der Waals surface area contributed by atoms with Crippen LogP contribution in [0.3, 0.4) is 0 Å². The highest BCUT2D eigenvalue weighted by atomic mass is 32.2. The molecule has 0 aliphatic carbocycles. The first-order chi connectivity index (χ1) is 10.2. The molecule has 3 nitrogen and oxygen atoms in total. The van der Waals surface area contributed by atoms with E-state index in [4.69, 9.17) is 0 Å². The van der Waals surface area contributed by atoms with E-state index in [2.05, 4.69) is 0 Å². The molecule has 3 rings (SSSR count). The van der Waals surface area contributed by atoms with Crippen LogP contribution < -0.4 is 0 Å². The predicted octanol–water partition coefficient (Wildman–Crippen LogP) is 3.70. The first-order valence-electron chi connectivity index (χ1n) is 6.40. The molecule has 104 valence electrons. The molecule has 0 aliphatic heterocycles. The first kappa shape index (κ1) is 13.5. The Morgan fingerprint density at radius 3 is 2.29 bits per heavy atom. The van der Waals surface area contributed by atoms with Crippen LogP contribution >= 0.6 is 0 Å². The number of rotatable bonds is 3. The smallest absolute Gasteiger partial charge is 0.336 e. The molecule has 0 spiro atoms. The number of carbonyl (C=O) groups is 1. The molecule has 0 amide bonds. The summed E-state index contributed by atoms with van der Waals surface area (Å²) in [6.07, 6.45) is 0. The quantitative estimate of drug-likeness (QED) is 0.801. The van der Waals surface area contributed by atoms with E-state index >= 15 is 0 Å². The third-order valence-electron chi connectivity index (χ3n) is 3.25. The molecule has 0 heterocycles. The minimum atomic E-state index is -1.52. The van der Waals surface area contributed by atoms with E-state index in [0.29, 0.717) is 9.79 Å². The van der Waals surface area contributed by atoms with E-state index in [1.54, 1.807) is 24.3 Å².